The van der Waals surface area contributed by atoms with Crippen molar-refractivity contribution in [3.63, 3.8) is 0 Å². The molecule has 0 spiro atoms. The Balaban J connectivity index is 2.29. The number of carbonyl (C=O) groups is 1. The lowest BCUT2D eigenvalue weighted by Gasteiger charge is -2.24. The van der Waals surface area contributed by atoms with Crippen molar-refractivity contribution in [2.45, 2.75) is 12.5 Å². The fourth-order valence-electron chi connectivity index (χ4n) is 1.43. The molecule has 1 aromatic rings. The molecule has 76 valence electrons. The van der Waals surface area contributed by atoms with Crippen molar-refractivity contribution in [3.8, 4) is 0 Å². The van der Waals surface area contributed by atoms with Crippen molar-refractivity contribution in [1.29, 1.82) is 0 Å². The molecule has 2 N–H and O–H groups in total. The van der Waals surface area contributed by atoms with E-state index in [2.05, 4.69) is 4.99 Å². The summed E-state index contributed by atoms with van der Waals surface area (Å²) in [5, 5.41) is 1.84. The molecule has 0 saturated carbocycles. The third-order valence-electron chi connectivity index (χ3n) is 2.34. The zero-order valence-corrected chi connectivity index (χ0v) is 9.12. The van der Waals surface area contributed by atoms with Gasteiger partial charge >= 0.3 is 0 Å². The van der Waals surface area contributed by atoms with Gasteiger partial charge in [0.05, 0.1) is 12.5 Å². The molecule has 2 radical (unpaired) electrons. The van der Waals surface area contributed by atoms with E-state index >= 15 is 0 Å². The first-order valence-corrected chi connectivity index (χ1v) is 5.39. The van der Waals surface area contributed by atoms with Crippen LogP contribution in [0.25, 0.3) is 0 Å². The highest BCUT2D eigenvalue weighted by Gasteiger charge is 2.26. The van der Waals surface area contributed by atoms with Gasteiger partial charge in [-0.15, -0.1) is 11.3 Å². The highest BCUT2D eigenvalue weighted by atomic mass is 32.1. The molecule has 15 heavy (non-hydrogen) atoms. The number of hydrogen-bond acceptors (Lipinski definition) is 4. The predicted octanol–water partition coefficient (Wildman–Crippen LogP) is -0.240. The van der Waals surface area contributed by atoms with Crippen molar-refractivity contribution in [3.05, 3.63) is 16.3 Å². The van der Waals surface area contributed by atoms with E-state index in [0.29, 0.717) is 11.9 Å². The van der Waals surface area contributed by atoms with Crippen LogP contribution >= 0.6 is 11.3 Å². The monoisotopic (exact) mass is 219 g/mol. The number of nitrogens with two attached hydrogens (primary N) is 1. The van der Waals surface area contributed by atoms with Crippen LogP contribution in [0.2, 0.25) is 0 Å². The van der Waals surface area contributed by atoms with E-state index in [1.807, 2.05) is 11.4 Å². The molecule has 0 aliphatic carbocycles. The molecular weight excluding hydrogens is 209 g/mol. The minimum absolute atomic E-state index is 0.0144. The van der Waals surface area contributed by atoms with Crippen molar-refractivity contribution >= 4 is 36.5 Å². The summed E-state index contributed by atoms with van der Waals surface area (Å²) in [6, 6.07) is 1.67. The molecule has 0 fully saturated rings. The van der Waals surface area contributed by atoms with Crippen LogP contribution in [0.5, 0.6) is 0 Å². The standard InChI is InChI=1S/C9H10BN3OS/c1-13-8(14)3-6(12-9(13)11)7-2-5(10)4-15-7/h2,4,6H,3H2,1H3,(H2,11,12). The quantitative estimate of drug-likeness (QED) is 0.662. The molecule has 1 aliphatic heterocycles. The lowest BCUT2D eigenvalue weighted by Crippen LogP contribution is -2.42. The summed E-state index contributed by atoms with van der Waals surface area (Å²) in [5.74, 6) is 0.252. The average Bonchev–Trinajstić information content (AvgIpc) is 2.60. The SMILES string of the molecule is [B]c1csc(C2CC(=O)N(C)C(N)=N2)c1. The van der Waals surface area contributed by atoms with Crippen LogP contribution in [0.3, 0.4) is 0 Å². The minimum Gasteiger partial charge on any atom is -0.369 e. The Bertz CT molecular complexity index is 429. The average molecular weight is 219 g/mol. The minimum atomic E-state index is -0.170. The van der Waals surface area contributed by atoms with Crippen LogP contribution in [0.1, 0.15) is 17.3 Å². The maximum Gasteiger partial charge on any atom is 0.231 e. The summed E-state index contributed by atoms with van der Waals surface area (Å²) in [6.45, 7) is 0. The van der Waals surface area contributed by atoms with Gasteiger partial charge in [0.25, 0.3) is 0 Å². The van der Waals surface area contributed by atoms with Gasteiger partial charge in [-0.05, 0) is 5.38 Å². The Morgan fingerprint density at radius 2 is 2.47 bits per heavy atom. The van der Waals surface area contributed by atoms with Gasteiger partial charge in [-0.2, -0.15) is 0 Å². The van der Waals surface area contributed by atoms with E-state index in [0.717, 1.165) is 4.88 Å². The van der Waals surface area contributed by atoms with Crippen LogP contribution < -0.4 is 11.2 Å². The molecule has 1 amide bonds. The van der Waals surface area contributed by atoms with Gasteiger partial charge in [-0.3, -0.25) is 9.69 Å². The van der Waals surface area contributed by atoms with E-state index in [1.165, 1.54) is 16.2 Å². The Kier molecular flexibility index (Phi) is 2.52. The number of aliphatic imine (C=N–C) groups is 1. The Morgan fingerprint density at radius 1 is 1.73 bits per heavy atom. The summed E-state index contributed by atoms with van der Waals surface area (Å²) >= 11 is 1.50. The number of rotatable bonds is 1. The van der Waals surface area contributed by atoms with Gasteiger partial charge in [0.1, 0.15) is 7.85 Å². The van der Waals surface area contributed by atoms with Gasteiger partial charge in [-0.25, -0.2) is 4.99 Å². The Morgan fingerprint density at radius 3 is 3.00 bits per heavy atom. The lowest BCUT2D eigenvalue weighted by atomic mass is 9.99. The zero-order valence-electron chi connectivity index (χ0n) is 8.30. The van der Waals surface area contributed by atoms with Crippen LogP contribution in [-0.4, -0.2) is 31.7 Å². The highest BCUT2D eigenvalue weighted by molar-refractivity contribution is 7.11. The largest absolute Gasteiger partial charge is 0.369 e. The van der Waals surface area contributed by atoms with E-state index in [1.54, 1.807) is 7.05 Å². The number of carbonyl (C=O) groups excluding carboxylic acids is 1. The Hall–Kier alpha value is -1.30. The number of hydrogen-bond donors (Lipinski definition) is 1. The fraction of sp³-hybridized carbons (Fsp3) is 0.333. The first-order valence-electron chi connectivity index (χ1n) is 4.51. The summed E-state index contributed by atoms with van der Waals surface area (Å²) in [6.07, 6.45) is 0.358. The molecule has 1 aromatic heterocycles. The number of guanidine groups is 1. The van der Waals surface area contributed by atoms with Crippen molar-refractivity contribution < 1.29 is 4.79 Å². The van der Waals surface area contributed by atoms with E-state index < -0.39 is 0 Å². The normalized spacial score (nSPS) is 21.7. The number of thiophene rings is 1. The molecular formula is C9H10BN3OS. The molecule has 1 aliphatic rings. The third-order valence-corrected chi connectivity index (χ3v) is 3.39. The van der Waals surface area contributed by atoms with Crippen LogP contribution in [0.4, 0.5) is 0 Å². The molecule has 6 heteroatoms. The number of nitrogens with zero attached hydrogens (tertiary/aromatic N) is 2. The highest BCUT2D eigenvalue weighted by Crippen LogP contribution is 2.27. The molecule has 0 bridgehead atoms. The molecule has 2 rings (SSSR count). The summed E-state index contributed by atoms with van der Waals surface area (Å²) < 4.78 is 0. The van der Waals surface area contributed by atoms with Gasteiger partial charge in [0, 0.05) is 11.9 Å². The second-order valence-electron chi connectivity index (χ2n) is 3.44. The van der Waals surface area contributed by atoms with E-state index in [-0.39, 0.29) is 17.9 Å². The molecule has 0 saturated heterocycles. The molecule has 2 heterocycles. The second kappa shape index (κ2) is 3.69. The second-order valence-corrected chi connectivity index (χ2v) is 4.39. The molecule has 0 aromatic carbocycles. The zero-order chi connectivity index (χ0) is 11.0. The van der Waals surface area contributed by atoms with Gasteiger partial charge in [0.2, 0.25) is 5.91 Å². The maximum absolute atomic E-state index is 11.5. The number of amides is 1. The smallest absolute Gasteiger partial charge is 0.231 e. The van der Waals surface area contributed by atoms with E-state index in [4.69, 9.17) is 13.6 Å². The first kappa shape index (κ1) is 10.2. The molecule has 1 unspecified atom stereocenters. The first-order chi connectivity index (χ1) is 7.08. The van der Waals surface area contributed by atoms with Gasteiger partial charge in [0.15, 0.2) is 5.96 Å². The van der Waals surface area contributed by atoms with Crippen LogP contribution in [0, 0.1) is 0 Å². The van der Waals surface area contributed by atoms with Crippen LogP contribution in [0.15, 0.2) is 16.4 Å². The fourth-order valence-corrected chi connectivity index (χ4v) is 2.27. The van der Waals surface area contributed by atoms with Crippen molar-refractivity contribution in [2.24, 2.45) is 10.7 Å². The lowest BCUT2D eigenvalue weighted by molar-refractivity contribution is -0.127. The maximum atomic E-state index is 11.5. The van der Waals surface area contributed by atoms with Gasteiger partial charge in [-0.1, -0.05) is 11.5 Å². The van der Waals surface area contributed by atoms with Gasteiger partial charge < -0.3 is 5.73 Å². The third kappa shape index (κ3) is 1.90. The van der Waals surface area contributed by atoms with E-state index in [9.17, 15) is 4.79 Å². The predicted molar refractivity (Wildman–Crippen MR) is 61.5 cm³/mol. The van der Waals surface area contributed by atoms with Crippen LogP contribution in [-0.2, 0) is 4.79 Å². The Labute approximate surface area is 93.2 Å². The summed E-state index contributed by atoms with van der Waals surface area (Å²) in [7, 11) is 7.24. The molecule has 4 nitrogen and oxygen atoms in total. The summed E-state index contributed by atoms with van der Waals surface area (Å²) in [5.41, 5.74) is 6.34. The topological polar surface area (TPSA) is 58.7 Å². The molecule has 1 atom stereocenters. The van der Waals surface area contributed by atoms with Crippen molar-refractivity contribution in [2.75, 3.05) is 7.05 Å². The summed E-state index contributed by atoms with van der Waals surface area (Å²) in [4.78, 5) is 18.1. The van der Waals surface area contributed by atoms with Crippen molar-refractivity contribution in [1.82, 2.24) is 4.90 Å².